The van der Waals surface area contributed by atoms with E-state index in [-0.39, 0.29) is 24.4 Å². The van der Waals surface area contributed by atoms with E-state index in [1.165, 1.54) is 4.57 Å². The Hall–Kier alpha value is -2.45. The van der Waals surface area contributed by atoms with Crippen LogP contribution in [0.15, 0.2) is 29.3 Å². The van der Waals surface area contributed by atoms with Gasteiger partial charge in [0.2, 0.25) is 0 Å². The zero-order chi connectivity index (χ0) is 18.0. The van der Waals surface area contributed by atoms with Gasteiger partial charge in [0.25, 0.3) is 0 Å². The van der Waals surface area contributed by atoms with Crippen LogP contribution < -0.4 is 9.61 Å². The number of ether oxygens (including phenoxy) is 1. The number of aryl methyl sites for hydroxylation is 2. The van der Waals surface area contributed by atoms with Gasteiger partial charge in [-0.15, -0.1) is 0 Å². The molecule has 0 aliphatic heterocycles. The lowest BCUT2D eigenvalue weighted by atomic mass is 10.3. The fraction of sp³-hybridized carbons (Fsp3) is 0.250. The highest BCUT2D eigenvalue weighted by molar-refractivity contribution is 7.16. The number of halogens is 1. The molecular weight excluding hydrogens is 366 g/mol. The number of nitrogens with zero attached hydrogens (tertiary/aromatic N) is 3. The lowest BCUT2D eigenvalue weighted by molar-refractivity contribution is -0.137. The summed E-state index contributed by atoms with van der Waals surface area (Å²) in [5.74, 6) is -0.0191. The topological polar surface area (TPSA) is 94.3 Å². The second kappa shape index (κ2) is 7.20. The van der Waals surface area contributed by atoms with Crippen LogP contribution in [0.2, 0.25) is 5.02 Å². The molecule has 0 aliphatic rings. The summed E-state index contributed by atoms with van der Waals surface area (Å²) >= 11 is 7.27. The molecule has 25 heavy (non-hydrogen) atoms. The summed E-state index contributed by atoms with van der Waals surface area (Å²) in [4.78, 5) is 30.9. The fourth-order valence-corrected chi connectivity index (χ4v) is 3.37. The fourth-order valence-electron chi connectivity index (χ4n) is 2.23. The van der Waals surface area contributed by atoms with E-state index in [1.807, 2.05) is 6.92 Å². The third-order valence-corrected chi connectivity index (χ3v) is 4.70. The molecule has 0 spiro atoms. The monoisotopic (exact) mass is 379 g/mol. The standard InChI is InChI=1S/C16H14ClN3O4S/c1-9-6-18-14(19-7-9)8-24-12-5-13-11(4-10(12)17)20(16(23)25-13)3-2-15(21)22/h4-7H,2-3,8H2,1H3,(H,21,22). The third-order valence-electron chi connectivity index (χ3n) is 3.46. The van der Waals surface area contributed by atoms with E-state index in [0.717, 1.165) is 16.9 Å². The molecule has 0 unspecified atom stereocenters. The number of hydrogen-bond donors (Lipinski definition) is 1. The molecule has 130 valence electrons. The summed E-state index contributed by atoms with van der Waals surface area (Å²) in [6.07, 6.45) is 3.27. The zero-order valence-electron chi connectivity index (χ0n) is 13.2. The van der Waals surface area contributed by atoms with Crippen molar-refractivity contribution in [2.24, 2.45) is 0 Å². The van der Waals surface area contributed by atoms with Crippen molar-refractivity contribution in [2.45, 2.75) is 26.5 Å². The van der Waals surface area contributed by atoms with Crippen molar-refractivity contribution in [3.05, 3.63) is 50.6 Å². The third kappa shape index (κ3) is 3.97. The van der Waals surface area contributed by atoms with Gasteiger partial charge in [-0.25, -0.2) is 9.97 Å². The average molecular weight is 380 g/mol. The van der Waals surface area contributed by atoms with Gasteiger partial charge in [0.05, 0.1) is 21.7 Å². The Kier molecular flexibility index (Phi) is 5.00. The number of carboxylic acids is 1. The van der Waals surface area contributed by atoms with Crippen molar-refractivity contribution in [3.63, 3.8) is 0 Å². The van der Waals surface area contributed by atoms with Gasteiger partial charge in [-0.2, -0.15) is 0 Å². The van der Waals surface area contributed by atoms with E-state index < -0.39 is 5.97 Å². The maximum atomic E-state index is 12.1. The van der Waals surface area contributed by atoms with E-state index in [4.69, 9.17) is 21.4 Å². The van der Waals surface area contributed by atoms with E-state index in [2.05, 4.69) is 9.97 Å². The second-order valence-corrected chi connectivity index (χ2v) is 6.78. The number of carboxylic acid groups (broad SMARTS) is 1. The molecule has 0 saturated heterocycles. The Labute approximate surface area is 151 Å². The van der Waals surface area contributed by atoms with E-state index in [9.17, 15) is 9.59 Å². The predicted octanol–water partition coefficient (Wildman–Crippen LogP) is 2.87. The summed E-state index contributed by atoms with van der Waals surface area (Å²) in [5, 5.41) is 9.13. The van der Waals surface area contributed by atoms with Crippen LogP contribution >= 0.6 is 22.9 Å². The van der Waals surface area contributed by atoms with Crippen molar-refractivity contribution in [1.29, 1.82) is 0 Å². The smallest absolute Gasteiger partial charge is 0.308 e. The van der Waals surface area contributed by atoms with Gasteiger partial charge in [0, 0.05) is 25.0 Å². The molecule has 1 N–H and O–H groups in total. The first-order valence-corrected chi connectivity index (χ1v) is 8.58. The van der Waals surface area contributed by atoms with E-state index in [1.54, 1.807) is 24.5 Å². The van der Waals surface area contributed by atoms with E-state index >= 15 is 0 Å². The van der Waals surface area contributed by atoms with Crippen LogP contribution in [0, 0.1) is 6.92 Å². The molecule has 0 amide bonds. The second-order valence-electron chi connectivity index (χ2n) is 5.38. The first kappa shape index (κ1) is 17.4. The highest BCUT2D eigenvalue weighted by Crippen LogP contribution is 2.32. The van der Waals surface area contributed by atoms with Crippen molar-refractivity contribution >= 4 is 39.1 Å². The molecular formula is C16H14ClN3O4S. The molecule has 0 aliphatic carbocycles. The number of fused-ring (bicyclic) bond motifs is 1. The maximum absolute atomic E-state index is 12.1. The molecule has 2 aromatic heterocycles. The molecule has 2 heterocycles. The van der Waals surface area contributed by atoms with Crippen molar-refractivity contribution < 1.29 is 14.6 Å². The summed E-state index contributed by atoms with van der Waals surface area (Å²) in [6, 6.07) is 3.29. The summed E-state index contributed by atoms with van der Waals surface area (Å²) in [7, 11) is 0. The first-order chi connectivity index (χ1) is 11.9. The molecule has 0 atom stereocenters. The molecule has 0 saturated carbocycles. The quantitative estimate of drug-likeness (QED) is 0.707. The number of carbonyl (C=O) groups is 1. The Bertz CT molecular complexity index is 981. The summed E-state index contributed by atoms with van der Waals surface area (Å²) in [5.41, 5.74) is 1.55. The van der Waals surface area contributed by atoms with Gasteiger partial charge >= 0.3 is 10.8 Å². The van der Waals surface area contributed by atoms with Gasteiger partial charge in [0.15, 0.2) is 5.82 Å². The minimum Gasteiger partial charge on any atom is -0.484 e. The molecule has 0 fully saturated rings. The van der Waals surface area contributed by atoms with Gasteiger partial charge in [-0.3, -0.25) is 14.2 Å². The van der Waals surface area contributed by atoms with Crippen LogP contribution in [0.5, 0.6) is 5.75 Å². The Morgan fingerprint density at radius 3 is 2.76 bits per heavy atom. The van der Waals surface area contributed by atoms with Gasteiger partial charge in [-0.1, -0.05) is 22.9 Å². The van der Waals surface area contributed by atoms with Crippen LogP contribution in [0.25, 0.3) is 10.2 Å². The minimum atomic E-state index is -0.963. The Morgan fingerprint density at radius 1 is 1.36 bits per heavy atom. The number of rotatable bonds is 6. The van der Waals surface area contributed by atoms with Crippen molar-refractivity contribution in [2.75, 3.05) is 0 Å². The molecule has 3 aromatic rings. The van der Waals surface area contributed by atoms with Crippen LogP contribution in [0.3, 0.4) is 0 Å². The molecule has 7 nitrogen and oxygen atoms in total. The van der Waals surface area contributed by atoms with E-state index in [0.29, 0.717) is 26.8 Å². The Morgan fingerprint density at radius 2 is 2.08 bits per heavy atom. The van der Waals surface area contributed by atoms with Crippen LogP contribution in [-0.2, 0) is 17.9 Å². The highest BCUT2D eigenvalue weighted by atomic mass is 35.5. The lowest BCUT2D eigenvalue weighted by Crippen LogP contribution is -2.15. The minimum absolute atomic E-state index is 0.0991. The number of aliphatic carboxylic acids is 1. The molecule has 3 rings (SSSR count). The van der Waals surface area contributed by atoms with Crippen molar-refractivity contribution in [3.8, 4) is 5.75 Å². The van der Waals surface area contributed by atoms with Crippen molar-refractivity contribution in [1.82, 2.24) is 14.5 Å². The number of hydrogen-bond acceptors (Lipinski definition) is 6. The molecule has 0 bridgehead atoms. The number of thiazole rings is 1. The zero-order valence-corrected chi connectivity index (χ0v) is 14.8. The summed E-state index contributed by atoms with van der Waals surface area (Å²) < 4.78 is 7.75. The number of aromatic nitrogens is 3. The van der Waals surface area contributed by atoms with Crippen LogP contribution in [0.4, 0.5) is 0 Å². The Balaban J connectivity index is 1.85. The molecule has 0 radical (unpaired) electrons. The largest absolute Gasteiger partial charge is 0.484 e. The van der Waals surface area contributed by atoms with Gasteiger partial charge in [-0.05, 0) is 18.6 Å². The molecule has 9 heteroatoms. The highest BCUT2D eigenvalue weighted by Gasteiger charge is 2.13. The SMILES string of the molecule is Cc1cnc(COc2cc3sc(=O)n(CCC(=O)O)c3cc2Cl)nc1. The maximum Gasteiger partial charge on any atom is 0.308 e. The molecule has 1 aromatic carbocycles. The average Bonchev–Trinajstić information content (AvgIpc) is 2.86. The van der Waals surface area contributed by atoms with Crippen LogP contribution in [-0.4, -0.2) is 25.6 Å². The normalized spacial score (nSPS) is 11.0. The lowest BCUT2D eigenvalue weighted by Gasteiger charge is -2.08. The first-order valence-electron chi connectivity index (χ1n) is 7.39. The van der Waals surface area contributed by atoms with Crippen LogP contribution in [0.1, 0.15) is 17.8 Å². The summed E-state index contributed by atoms with van der Waals surface area (Å²) in [6.45, 7) is 2.15. The number of benzene rings is 1. The van der Waals surface area contributed by atoms with Gasteiger partial charge < -0.3 is 9.84 Å². The van der Waals surface area contributed by atoms with Gasteiger partial charge in [0.1, 0.15) is 12.4 Å². The predicted molar refractivity (Wildman–Crippen MR) is 94.4 cm³/mol.